The first kappa shape index (κ1) is 25.5. The molecule has 1 saturated heterocycles. The monoisotopic (exact) mass is 455 g/mol. The molecule has 1 aromatic carbocycles. The van der Waals surface area contributed by atoms with Gasteiger partial charge in [0.15, 0.2) is 6.10 Å². The zero-order valence-electron chi connectivity index (χ0n) is 19.1. The van der Waals surface area contributed by atoms with Crippen LogP contribution >= 0.6 is 0 Å². The molecule has 0 aromatic heterocycles. The van der Waals surface area contributed by atoms with Crippen LogP contribution in [0, 0.1) is 0 Å². The van der Waals surface area contributed by atoms with Gasteiger partial charge in [0, 0.05) is 38.9 Å². The summed E-state index contributed by atoms with van der Waals surface area (Å²) in [5.41, 5.74) is 1.62. The number of rotatable bonds is 9. The maximum Gasteiger partial charge on any atom is 0.303 e. The molecule has 3 amide bonds. The summed E-state index contributed by atoms with van der Waals surface area (Å²) in [5.74, 6) is -2.08. The highest BCUT2D eigenvalue weighted by molar-refractivity contribution is 6.02. The van der Waals surface area contributed by atoms with Gasteiger partial charge in [0.05, 0.1) is 13.0 Å². The number of morpholine rings is 1. The minimum absolute atomic E-state index is 0.0736. The first-order valence-corrected chi connectivity index (χ1v) is 10.3. The molecule has 1 aromatic rings. The molecule has 1 fully saturated rings. The Morgan fingerprint density at radius 3 is 2.67 bits per heavy atom. The van der Waals surface area contributed by atoms with Gasteiger partial charge in [-0.1, -0.05) is 31.4 Å². The summed E-state index contributed by atoms with van der Waals surface area (Å²) in [6.45, 7) is 8.67. The second-order valence-electron chi connectivity index (χ2n) is 7.50. The summed E-state index contributed by atoms with van der Waals surface area (Å²) in [5, 5.41) is 2.55. The van der Waals surface area contributed by atoms with Crippen molar-refractivity contribution in [2.24, 2.45) is 0 Å². The Morgan fingerprint density at radius 1 is 1.33 bits per heavy atom. The molecule has 1 aliphatic rings. The topological polar surface area (TPSA) is 105 Å². The van der Waals surface area contributed by atoms with E-state index in [9.17, 15) is 19.2 Å². The van der Waals surface area contributed by atoms with Crippen LogP contribution in [-0.4, -0.2) is 68.0 Å². The van der Waals surface area contributed by atoms with Gasteiger partial charge in [-0.25, -0.2) is 0 Å². The molecular weight excluding hydrogens is 426 g/mol. The second-order valence-corrected chi connectivity index (χ2v) is 7.50. The highest BCUT2D eigenvalue weighted by atomic mass is 16.6. The van der Waals surface area contributed by atoms with E-state index >= 15 is 0 Å². The number of benzene rings is 1. The van der Waals surface area contributed by atoms with Crippen LogP contribution in [0.4, 0.5) is 5.69 Å². The lowest BCUT2D eigenvalue weighted by atomic mass is 10.1. The number of carbonyl (C=O) groups is 4. The number of nitrogens with one attached hydrogen (secondary N) is 1. The Bertz CT molecular complexity index is 969. The summed E-state index contributed by atoms with van der Waals surface area (Å²) in [6, 6.07) is 7.02. The minimum atomic E-state index is -1.51. The molecule has 9 nitrogen and oxygen atoms in total. The molecule has 9 heteroatoms. The van der Waals surface area contributed by atoms with Crippen LogP contribution in [-0.2, 0) is 35.1 Å². The highest BCUT2D eigenvalue weighted by Crippen LogP contribution is 2.23. The number of nitrogens with zero attached hydrogens (tertiary/aromatic N) is 2. The SMILES string of the molecule is C=CC=C(C=C)NC(=O)C(OC(C)=O)C1OCCN(c2cccc(CC(=O)N(C)C)c2)C1=O. The summed E-state index contributed by atoms with van der Waals surface area (Å²) < 4.78 is 10.7. The summed E-state index contributed by atoms with van der Waals surface area (Å²) in [4.78, 5) is 52.8. The lowest BCUT2D eigenvalue weighted by Crippen LogP contribution is -2.57. The minimum Gasteiger partial charge on any atom is -0.449 e. The molecule has 0 saturated carbocycles. The fourth-order valence-electron chi connectivity index (χ4n) is 3.18. The number of allylic oxidation sites excluding steroid dienone is 3. The average molecular weight is 456 g/mol. The van der Waals surface area contributed by atoms with Crippen molar-refractivity contribution in [3.05, 3.63) is 66.9 Å². The molecule has 0 aliphatic carbocycles. The van der Waals surface area contributed by atoms with Gasteiger partial charge >= 0.3 is 5.97 Å². The first-order chi connectivity index (χ1) is 15.7. The van der Waals surface area contributed by atoms with Crippen LogP contribution in [0.2, 0.25) is 0 Å². The lowest BCUT2D eigenvalue weighted by molar-refractivity contribution is -0.169. The van der Waals surface area contributed by atoms with Crippen molar-refractivity contribution in [1.82, 2.24) is 10.2 Å². The van der Waals surface area contributed by atoms with E-state index in [1.165, 1.54) is 28.0 Å². The van der Waals surface area contributed by atoms with Crippen LogP contribution in [0.15, 0.2) is 61.3 Å². The van der Waals surface area contributed by atoms with Crippen LogP contribution in [0.25, 0.3) is 0 Å². The summed E-state index contributed by atoms with van der Waals surface area (Å²) in [6.07, 6.45) is 1.68. The van der Waals surface area contributed by atoms with Crippen LogP contribution in [0.3, 0.4) is 0 Å². The molecule has 0 spiro atoms. The van der Waals surface area contributed by atoms with Gasteiger partial charge in [-0.3, -0.25) is 19.2 Å². The molecule has 33 heavy (non-hydrogen) atoms. The Balaban J connectivity index is 2.29. The van der Waals surface area contributed by atoms with Crippen LogP contribution in [0.5, 0.6) is 0 Å². The third-order valence-electron chi connectivity index (χ3n) is 4.81. The summed E-state index contributed by atoms with van der Waals surface area (Å²) in [7, 11) is 3.34. The van der Waals surface area contributed by atoms with E-state index in [-0.39, 0.29) is 25.5 Å². The second kappa shape index (κ2) is 11.8. The Morgan fingerprint density at radius 2 is 2.06 bits per heavy atom. The van der Waals surface area contributed by atoms with Gasteiger partial charge in [0.1, 0.15) is 0 Å². The Hall–Kier alpha value is -3.72. The van der Waals surface area contributed by atoms with Crippen molar-refractivity contribution in [1.29, 1.82) is 0 Å². The van der Waals surface area contributed by atoms with Gasteiger partial charge in [-0.15, -0.1) is 0 Å². The van der Waals surface area contributed by atoms with Gasteiger partial charge in [-0.2, -0.15) is 0 Å². The van der Waals surface area contributed by atoms with Crippen molar-refractivity contribution < 1.29 is 28.7 Å². The fraction of sp³-hybridized carbons (Fsp3) is 0.333. The molecule has 1 N–H and O–H groups in total. The molecule has 1 heterocycles. The molecule has 0 bridgehead atoms. The number of anilines is 1. The number of hydrogen-bond acceptors (Lipinski definition) is 6. The molecule has 0 radical (unpaired) electrons. The predicted molar refractivity (Wildman–Crippen MR) is 123 cm³/mol. The molecule has 1 aliphatic heterocycles. The number of ether oxygens (including phenoxy) is 2. The quantitative estimate of drug-likeness (QED) is 0.445. The maximum absolute atomic E-state index is 13.3. The molecule has 2 atom stereocenters. The Labute approximate surface area is 193 Å². The van der Waals surface area contributed by atoms with E-state index in [0.29, 0.717) is 11.4 Å². The number of esters is 1. The third-order valence-corrected chi connectivity index (χ3v) is 4.81. The largest absolute Gasteiger partial charge is 0.449 e. The third kappa shape index (κ3) is 6.88. The normalized spacial score (nSPS) is 17.1. The standard InChI is InChI=1S/C24H29N3O6/c1-6-9-18(7-2)25-23(30)21(33-16(3)28)22-24(31)27(12-13-32-22)19-11-8-10-17(14-19)15-20(29)26(4)5/h6-11,14,21-22H,1-2,12-13,15H2,3-5H3,(H,25,30). The lowest BCUT2D eigenvalue weighted by Gasteiger charge is -2.35. The van der Waals surface area contributed by atoms with E-state index in [1.807, 2.05) is 0 Å². The fourth-order valence-corrected chi connectivity index (χ4v) is 3.18. The van der Waals surface area contributed by atoms with Gasteiger partial charge in [0.2, 0.25) is 12.0 Å². The van der Waals surface area contributed by atoms with E-state index in [1.54, 1.807) is 38.4 Å². The van der Waals surface area contributed by atoms with Crippen molar-refractivity contribution in [3.8, 4) is 0 Å². The van der Waals surface area contributed by atoms with Gasteiger partial charge < -0.3 is 24.6 Å². The zero-order valence-corrected chi connectivity index (χ0v) is 19.1. The van der Waals surface area contributed by atoms with Crippen molar-refractivity contribution in [2.45, 2.75) is 25.6 Å². The van der Waals surface area contributed by atoms with Crippen molar-refractivity contribution in [2.75, 3.05) is 32.1 Å². The van der Waals surface area contributed by atoms with Gasteiger partial charge in [-0.05, 0) is 29.8 Å². The van der Waals surface area contributed by atoms with Crippen LogP contribution in [0.1, 0.15) is 12.5 Å². The first-order valence-electron chi connectivity index (χ1n) is 10.3. The van der Waals surface area contributed by atoms with Crippen molar-refractivity contribution >= 4 is 29.4 Å². The number of hydrogen-bond donors (Lipinski definition) is 1. The molecular formula is C24H29N3O6. The predicted octanol–water partition coefficient (Wildman–Crippen LogP) is 1.35. The van der Waals surface area contributed by atoms with E-state index in [2.05, 4.69) is 18.5 Å². The number of likely N-dealkylation sites (N-methyl/N-ethyl adjacent to an activating group) is 1. The number of amides is 3. The summed E-state index contributed by atoms with van der Waals surface area (Å²) >= 11 is 0. The molecule has 176 valence electrons. The van der Waals surface area contributed by atoms with E-state index in [0.717, 1.165) is 12.5 Å². The molecule has 2 rings (SSSR count). The molecule has 2 unspecified atom stereocenters. The van der Waals surface area contributed by atoms with Gasteiger partial charge in [0.25, 0.3) is 11.8 Å². The average Bonchev–Trinajstić information content (AvgIpc) is 2.77. The maximum atomic E-state index is 13.3. The zero-order chi connectivity index (χ0) is 24.5. The van der Waals surface area contributed by atoms with E-state index in [4.69, 9.17) is 9.47 Å². The smallest absolute Gasteiger partial charge is 0.303 e. The van der Waals surface area contributed by atoms with E-state index < -0.39 is 30.0 Å². The number of carbonyl (C=O) groups excluding carboxylic acids is 4. The van der Waals surface area contributed by atoms with Crippen LogP contribution < -0.4 is 10.2 Å². The van der Waals surface area contributed by atoms with Crippen molar-refractivity contribution in [3.63, 3.8) is 0 Å². The Kier molecular flexibility index (Phi) is 9.11. The highest BCUT2D eigenvalue weighted by Gasteiger charge is 2.42.